The molecule has 6 nitrogen and oxygen atoms in total. The van der Waals surface area contributed by atoms with Crippen LogP contribution in [0.1, 0.15) is 29.0 Å². The number of nitrogens with zero attached hydrogens (tertiary/aromatic N) is 1. The van der Waals surface area contributed by atoms with E-state index in [1.807, 2.05) is 13.0 Å². The molecule has 0 saturated heterocycles. The predicted octanol–water partition coefficient (Wildman–Crippen LogP) is 2.89. The first kappa shape index (κ1) is 22.8. The minimum Gasteiger partial charge on any atom is -0.352 e. The van der Waals surface area contributed by atoms with Gasteiger partial charge in [-0.2, -0.15) is 0 Å². The number of aliphatic imine (C=N–C) groups is 1. The van der Waals surface area contributed by atoms with Crippen molar-refractivity contribution in [2.45, 2.75) is 30.6 Å². The Bertz CT molecular complexity index is 884. The maximum atomic E-state index is 13.7. The van der Waals surface area contributed by atoms with Gasteiger partial charge in [0.15, 0.2) is 5.96 Å². The highest BCUT2D eigenvalue weighted by Crippen LogP contribution is 2.20. The van der Waals surface area contributed by atoms with Gasteiger partial charge in [-0.25, -0.2) is 17.9 Å². The third kappa shape index (κ3) is 6.18. The summed E-state index contributed by atoms with van der Waals surface area (Å²) in [5.41, 5.74) is 1.40. The fourth-order valence-electron chi connectivity index (χ4n) is 2.14. The van der Waals surface area contributed by atoms with Crippen LogP contribution in [0.3, 0.4) is 0 Å². The summed E-state index contributed by atoms with van der Waals surface area (Å²) >= 11 is 1.10. The molecule has 0 amide bonds. The Labute approximate surface area is 174 Å². The number of nitrogens with one attached hydrogen (secondary N) is 2. The smallest absolute Gasteiger partial charge is 0.247 e. The van der Waals surface area contributed by atoms with Crippen LogP contribution in [-0.2, 0) is 16.6 Å². The second-order valence-electron chi connectivity index (χ2n) is 5.57. The van der Waals surface area contributed by atoms with Crippen LogP contribution in [0.4, 0.5) is 4.39 Å². The predicted molar refractivity (Wildman–Crippen MR) is 114 cm³/mol. The van der Waals surface area contributed by atoms with Gasteiger partial charge in [-0.15, -0.1) is 35.3 Å². The van der Waals surface area contributed by atoms with Crippen molar-refractivity contribution in [3.05, 3.63) is 52.2 Å². The average molecular weight is 512 g/mol. The van der Waals surface area contributed by atoms with Gasteiger partial charge >= 0.3 is 0 Å². The van der Waals surface area contributed by atoms with Gasteiger partial charge in [-0.05, 0) is 43.2 Å². The number of halogens is 2. The van der Waals surface area contributed by atoms with Crippen LogP contribution in [0, 0.1) is 12.7 Å². The van der Waals surface area contributed by atoms with E-state index in [-0.39, 0.29) is 40.0 Å². The Morgan fingerprint density at radius 2 is 2.04 bits per heavy atom. The van der Waals surface area contributed by atoms with E-state index < -0.39 is 10.0 Å². The van der Waals surface area contributed by atoms with Crippen molar-refractivity contribution in [2.24, 2.45) is 10.1 Å². The van der Waals surface area contributed by atoms with Crippen LogP contribution >= 0.6 is 35.3 Å². The van der Waals surface area contributed by atoms with Crippen molar-refractivity contribution < 1.29 is 12.8 Å². The standard InChI is InChI=1S/C16H21FN4O2S2.HI/c1-10-4-5-12(8-14(10)17)11(2)21-16(19-3)20-9-13-6-7-15(24-13)25(18,22)23;/h4-8,11H,9H2,1-3H3,(H2,18,22,23)(H2,19,20,21);1H. The van der Waals surface area contributed by atoms with Crippen molar-refractivity contribution in [2.75, 3.05) is 7.05 Å². The van der Waals surface area contributed by atoms with Crippen LogP contribution in [0.15, 0.2) is 39.5 Å². The van der Waals surface area contributed by atoms with Gasteiger partial charge < -0.3 is 10.6 Å². The van der Waals surface area contributed by atoms with Crippen molar-refractivity contribution in [1.82, 2.24) is 10.6 Å². The third-order valence-electron chi connectivity index (χ3n) is 3.62. The Morgan fingerprint density at radius 3 is 2.58 bits per heavy atom. The number of rotatable bonds is 5. The second-order valence-corrected chi connectivity index (χ2v) is 8.52. The summed E-state index contributed by atoms with van der Waals surface area (Å²) in [5.74, 6) is 0.280. The molecule has 0 bridgehead atoms. The number of aryl methyl sites for hydroxylation is 1. The number of hydrogen-bond acceptors (Lipinski definition) is 4. The average Bonchev–Trinajstić information content (AvgIpc) is 3.03. The molecule has 2 aromatic rings. The van der Waals surface area contributed by atoms with E-state index in [1.165, 1.54) is 12.1 Å². The van der Waals surface area contributed by atoms with Gasteiger partial charge in [-0.1, -0.05) is 12.1 Å². The fourth-order valence-corrected chi connectivity index (χ4v) is 3.86. The van der Waals surface area contributed by atoms with Gasteiger partial charge in [0.05, 0.1) is 12.6 Å². The number of hydrogen-bond donors (Lipinski definition) is 3. The third-order valence-corrected chi connectivity index (χ3v) is 6.14. The van der Waals surface area contributed by atoms with Crippen LogP contribution in [-0.4, -0.2) is 21.4 Å². The minimum atomic E-state index is -3.68. The van der Waals surface area contributed by atoms with E-state index >= 15 is 0 Å². The van der Waals surface area contributed by atoms with E-state index in [2.05, 4.69) is 15.6 Å². The van der Waals surface area contributed by atoms with E-state index in [9.17, 15) is 12.8 Å². The molecule has 0 fully saturated rings. The normalized spacial score (nSPS) is 13.0. The molecule has 1 heterocycles. The monoisotopic (exact) mass is 512 g/mol. The summed E-state index contributed by atoms with van der Waals surface area (Å²) in [6.45, 7) is 4.02. The lowest BCUT2D eigenvalue weighted by Crippen LogP contribution is -2.38. The summed E-state index contributed by atoms with van der Waals surface area (Å²) in [7, 11) is -2.05. The summed E-state index contributed by atoms with van der Waals surface area (Å²) in [4.78, 5) is 4.93. The molecule has 0 aliphatic carbocycles. The molecule has 0 aliphatic heterocycles. The number of sulfonamides is 1. The molecule has 1 unspecified atom stereocenters. The molecule has 0 saturated carbocycles. The summed E-state index contributed by atoms with van der Waals surface area (Å²) < 4.78 is 36.4. The van der Waals surface area contributed by atoms with Gasteiger partial charge in [0, 0.05) is 11.9 Å². The molecule has 1 aromatic carbocycles. The SMILES string of the molecule is CN=C(NCc1ccc(S(N)(=O)=O)s1)NC(C)c1ccc(C)c(F)c1.I. The Hall–Kier alpha value is -1.24. The topological polar surface area (TPSA) is 96.6 Å². The number of thiophene rings is 1. The van der Waals surface area contributed by atoms with Gasteiger partial charge in [0.1, 0.15) is 10.0 Å². The number of nitrogens with two attached hydrogens (primary N) is 1. The highest BCUT2D eigenvalue weighted by atomic mass is 127. The zero-order valence-corrected chi connectivity index (χ0v) is 18.6. The van der Waals surface area contributed by atoms with Gasteiger partial charge in [0.25, 0.3) is 0 Å². The largest absolute Gasteiger partial charge is 0.352 e. The van der Waals surface area contributed by atoms with Gasteiger partial charge in [0.2, 0.25) is 10.0 Å². The maximum absolute atomic E-state index is 13.7. The molecule has 1 aromatic heterocycles. The van der Waals surface area contributed by atoms with Crippen LogP contribution in [0.25, 0.3) is 0 Å². The highest BCUT2D eigenvalue weighted by molar-refractivity contribution is 14.0. The molecule has 2 rings (SSSR count). The van der Waals surface area contributed by atoms with E-state index in [4.69, 9.17) is 5.14 Å². The summed E-state index contributed by atoms with van der Waals surface area (Å²) in [5, 5.41) is 11.4. The van der Waals surface area contributed by atoms with Crippen LogP contribution in [0.5, 0.6) is 0 Å². The zero-order valence-electron chi connectivity index (χ0n) is 14.6. The quantitative estimate of drug-likeness (QED) is 0.326. The molecule has 0 spiro atoms. The lowest BCUT2D eigenvalue weighted by molar-refractivity contribution is 0.599. The molecule has 144 valence electrons. The first-order valence-electron chi connectivity index (χ1n) is 7.55. The first-order chi connectivity index (χ1) is 11.7. The van der Waals surface area contributed by atoms with Crippen LogP contribution in [0.2, 0.25) is 0 Å². The maximum Gasteiger partial charge on any atom is 0.247 e. The van der Waals surface area contributed by atoms with Crippen molar-refractivity contribution in [3.63, 3.8) is 0 Å². The lowest BCUT2D eigenvalue weighted by Gasteiger charge is -2.18. The minimum absolute atomic E-state index is 0. The molecule has 0 aliphatic rings. The van der Waals surface area contributed by atoms with Crippen LogP contribution < -0.4 is 15.8 Å². The van der Waals surface area contributed by atoms with E-state index in [0.29, 0.717) is 18.1 Å². The molecule has 10 heteroatoms. The van der Waals surface area contributed by atoms with Crippen molar-refractivity contribution in [3.8, 4) is 0 Å². The molecule has 4 N–H and O–H groups in total. The van der Waals surface area contributed by atoms with E-state index in [0.717, 1.165) is 21.8 Å². The van der Waals surface area contributed by atoms with E-state index in [1.54, 1.807) is 26.1 Å². The Morgan fingerprint density at radius 1 is 1.35 bits per heavy atom. The first-order valence-corrected chi connectivity index (χ1v) is 9.91. The molecular weight excluding hydrogens is 490 g/mol. The Kier molecular flexibility index (Phi) is 8.44. The molecule has 1 atom stereocenters. The highest BCUT2D eigenvalue weighted by Gasteiger charge is 2.13. The number of benzene rings is 1. The summed E-state index contributed by atoms with van der Waals surface area (Å²) in [6, 6.07) is 8.12. The van der Waals surface area contributed by atoms with Gasteiger partial charge in [-0.3, -0.25) is 4.99 Å². The number of guanidine groups is 1. The number of primary sulfonamides is 1. The van der Waals surface area contributed by atoms with Crippen molar-refractivity contribution in [1.29, 1.82) is 0 Å². The van der Waals surface area contributed by atoms with Crippen molar-refractivity contribution >= 4 is 51.3 Å². The lowest BCUT2D eigenvalue weighted by atomic mass is 10.1. The molecule has 26 heavy (non-hydrogen) atoms. The Balaban J connectivity index is 0.00000338. The molecular formula is C16H22FIN4O2S2. The summed E-state index contributed by atoms with van der Waals surface area (Å²) in [6.07, 6.45) is 0. The molecule has 0 radical (unpaired) electrons. The zero-order chi connectivity index (χ0) is 18.6. The second kappa shape index (κ2) is 9.62. The fraction of sp³-hybridized carbons (Fsp3) is 0.312.